The van der Waals surface area contributed by atoms with E-state index in [1.165, 1.54) is 11.8 Å². The summed E-state index contributed by atoms with van der Waals surface area (Å²) in [6.07, 6.45) is 3.34. The predicted octanol–water partition coefficient (Wildman–Crippen LogP) is 5.44. The van der Waals surface area contributed by atoms with Gasteiger partial charge in [-0.2, -0.15) is 0 Å². The maximum absolute atomic E-state index is 12.3. The number of benzene rings is 2. The Labute approximate surface area is 176 Å². The molecular formula is C21H17ClN4O2S. The topological polar surface area (TPSA) is 79.9 Å². The van der Waals surface area contributed by atoms with Gasteiger partial charge in [-0.3, -0.25) is 9.78 Å². The number of nitrogens with zero attached hydrogens (tertiary/aromatic N) is 2. The largest absolute Gasteiger partial charge is 0.456 e. The van der Waals surface area contributed by atoms with Crippen molar-refractivity contribution in [3.8, 4) is 11.5 Å². The van der Waals surface area contributed by atoms with E-state index in [1.807, 2.05) is 49.4 Å². The monoisotopic (exact) mass is 424 g/mol. The molecule has 0 saturated heterocycles. The number of rotatable bonds is 6. The lowest BCUT2D eigenvalue weighted by Crippen LogP contribution is -2.14. The summed E-state index contributed by atoms with van der Waals surface area (Å²) in [7, 11) is 0. The van der Waals surface area contributed by atoms with Crippen LogP contribution in [0, 0.1) is 6.92 Å². The van der Waals surface area contributed by atoms with E-state index in [1.54, 1.807) is 18.5 Å². The zero-order chi connectivity index (χ0) is 20.2. The molecule has 8 heteroatoms. The van der Waals surface area contributed by atoms with Gasteiger partial charge < -0.3 is 15.0 Å². The van der Waals surface area contributed by atoms with Gasteiger partial charge in [-0.15, -0.1) is 0 Å². The van der Waals surface area contributed by atoms with Crippen LogP contribution in [-0.2, 0) is 4.79 Å². The summed E-state index contributed by atoms with van der Waals surface area (Å²) in [5.74, 6) is 1.47. The zero-order valence-electron chi connectivity index (χ0n) is 15.5. The minimum absolute atomic E-state index is 0.113. The molecule has 0 fully saturated rings. The maximum Gasteiger partial charge on any atom is 0.234 e. The number of aromatic nitrogens is 3. The normalized spacial score (nSPS) is 10.8. The Morgan fingerprint density at radius 3 is 2.90 bits per heavy atom. The van der Waals surface area contributed by atoms with Gasteiger partial charge in [0.25, 0.3) is 0 Å². The van der Waals surface area contributed by atoms with Gasteiger partial charge in [0, 0.05) is 16.9 Å². The summed E-state index contributed by atoms with van der Waals surface area (Å²) in [5.41, 5.74) is 3.31. The Bertz CT molecular complexity index is 1160. The molecule has 0 bridgehead atoms. The first kappa shape index (κ1) is 19.3. The molecule has 2 aromatic carbocycles. The van der Waals surface area contributed by atoms with Crippen LogP contribution < -0.4 is 10.1 Å². The van der Waals surface area contributed by atoms with Crippen molar-refractivity contribution in [2.45, 2.75) is 12.1 Å². The number of halogens is 1. The fourth-order valence-electron chi connectivity index (χ4n) is 2.73. The number of pyridine rings is 1. The number of amides is 1. The zero-order valence-corrected chi connectivity index (χ0v) is 17.1. The molecule has 6 nitrogen and oxygen atoms in total. The van der Waals surface area contributed by atoms with Crippen LogP contribution in [0.2, 0.25) is 5.02 Å². The van der Waals surface area contributed by atoms with E-state index in [0.29, 0.717) is 21.7 Å². The minimum atomic E-state index is -0.113. The number of imidazole rings is 1. The number of ether oxygens (including phenoxy) is 1. The lowest BCUT2D eigenvalue weighted by Gasteiger charge is -2.11. The van der Waals surface area contributed by atoms with Crippen LogP contribution in [0.15, 0.2) is 66.1 Å². The van der Waals surface area contributed by atoms with E-state index >= 15 is 0 Å². The van der Waals surface area contributed by atoms with Crippen molar-refractivity contribution in [3.63, 3.8) is 0 Å². The molecule has 0 aliphatic rings. The Balaban J connectivity index is 1.36. The van der Waals surface area contributed by atoms with Crippen molar-refractivity contribution in [1.29, 1.82) is 0 Å². The van der Waals surface area contributed by atoms with Crippen LogP contribution in [0.5, 0.6) is 11.5 Å². The van der Waals surface area contributed by atoms with Crippen molar-refractivity contribution in [2.75, 3.05) is 11.1 Å². The Hall–Kier alpha value is -3.03. The van der Waals surface area contributed by atoms with Gasteiger partial charge in [-0.25, -0.2) is 4.98 Å². The molecule has 29 heavy (non-hydrogen) atoms. The summed E-state index contributed by atoms with van der Waals surface area (Å²) in [6.45, 7) is 1.92. The first-order chi connectivity index (χ1) is 14.1. The molecule has 2 heterocycles. The summed E-state index contributed by atoms with van der Waals surface area (Å²) in [5, 5.41) is 4.24. The lowest BCUT2D eigenvalue weighted by molar-refractivity contribution is -0.113. The number of anilines is 1. The summed E-state index contributed by atoms with van der Waals surface area (Å²) < 4.78 is 5.76. The van der Waals surface area contributed by atoms with Gasteiger partial charge in [0.2, 0.25) is 5.91 Å². The second-order valence-corrected chi connectivity index (χ2v) is 7.71. The number of carbonyl (C=O) groups excluding carboxylic acids is 1. The summed E-state index contributed by atoms with van der Waals surface area (Å²) in [6, 6.07) is 14.6. The number of H-pyrrole nitrogens is 1. The third-order valence-electron chi connectivity index (χ3n) is 4.10. The summed E-state index contributed by atoms with van der Waals surface area (Å²) in [4.78, 5) is 24.0. The minimum Gasteiger partial charge on any atom is -0.456 e. The average Bonchev–Trinajstić information content (AvgIpc) is 3.11. The second kappa shape index (κ2) is 8.55. The SMILES string of the molecule is Cc1cc(Oc2cccnc2)ccc1NC(=O)CSc1nc2ccc(Cl)cc2[nH]1. The molecule has 0 spiro atoms. The predicted molar refractivity (Wildman–Crippen MR) is 116 cm³/mol. The highest BCUT2D eigenvalue weighted by Gasteiger charge is 2.10. The van der Waals surface area contributed by atoms with Crippen LogP contribution in [0.25, 0.3) is 11.0 Å². The van der Waals surface area contributed by atoms with Crippen LogP contribution in [-0.4, -0.2) is 26.6 Å². The van der Waals surface area contributed by atoms with E-state index in [9.17, 15) is 4.79 Å². The van der Waals surface area contributed by atoms with Gasteiger partial charge in [0.15, 0.2) is 5.16 Å². The lowest BCUT2D eigenvalue weighted by atomic mass is 10.2. The Kier molecular flexibility index (Phi) is 5.69. The number of aromatic amines is 1. The first-order valence-electron chi connectivity index (χ1n) is 8.83. The number of hydrogen-bond donors (Lipinski definition) is 2. The number of thioether (sulfide) groups is 1. The molecule has 2 N–H and O–H groups in total. The van der Waals surface area contributed by atoms with Crippen LogP contribution in [0.3, 0.4) is 0 Å². The molecule has 4 aromatic rings. The molecule has 146 valence electrons. The van der Waals surface area contributed by atoms with Crippen molar-refractivity contribution in [2.24, 2.45) is 0 Å². The van der Waals surface area contributed by atoms with Crippen LogP contribution in [0.4, 0.5) is 5.69 Å². The van der Waals surface area contributed by atoms with Crippen molar-refractivity contribution in [1.82, 2.24) is 15.0 Å². The highest BCUT2D eigenvalue weighted by atomic mass is 35.5. The molecule has 0 aliphatic carbocycles. The third kappa shape index (κ3) is 4.88. The average molecular weight is 425 g/mol. The smallest absolute Gasteiger partial charge is 0.234 e. The molecule has 0 saturated carbocycles. The van der Waals surface area contributed by atoms with E-state index in [4.69, 9.17) is 16.3 Å². The highest BCUT2D eigenvalue weighted by Crippen LogP contribution is 2.26. The fraction of sp³-hybridized carbons (Fsp3) is 0.0952. The standard InChI is InChI=1S/C21H17ClN4O2S/c1-13-9-15(28-16-3-2-8-23-11-16)5-7-17(13)24-20(27)12-29-21-25-18-6-4-14(22)10-19(18)26-21/h2-11H,12H2,1H3,(H,24,27)(H,25,26). The first-order valence-corrected chi connectivity index (χ1v) is 10.2. The highest BCUT2D eigenvalue weighted by molar-refractivity contribution is 7.99. The van der Waals surface area contributed by atoms with Gasteiger partial charge in [0.05, 0.1) is 23.0 Å². The molecular weight excluding hydrogens is 408 g/mol. The Morgan fingerprint density at radius 1 is 1.21 bits per heavy atom. The second-order valence-electron chi connectivity index (χ2n) is 6.31. The number of fused-ring (bicyclic) bond motifs is 1. The van der Waals surface area contributed by atoms with Crippen LogP contribution >= 0.6 is 23.4 Å². The number of aryl methyl sites for hydroxylation is 1. The van der Waals surface area contributed by atoms with Crippen molar-refractivity contribution >= 4 is 46.0 Å². The van der Waals surface area contributed by atoms with E-state index in [-0.39, 0.29) is 11.7 Å². The van der Waals surface area contributed by atoms with E-state index in [0.717, 1.165) is 22.3 Å². The van der Waals surface area contributed by atoms with Gasteiger partial charge in [-0.1, -0.05) is 23.4 Å². The van der Waals surface area contributed by atoms with Crippen molar-refractivity contribution < 1.29 is 9.53 Å². The number of nitrogens with one attached hydrogen (secondary N) is 2. The molecule has 2 aromatic heterocycles. The molecule has 4 rings (SSSR count). The fourth-order valence-corrected chi connectivity index (χ4v) is 3.59. The van der Waals surface area contributed by atoms with E-state index < -0.39 is 0 Å². The maximum atomic E-state index is 12.3. The molecule has 0 radical (unpaired) electrons. The molecule has 1 amide bonds. The number of hydrogen-bond acceptors (Lipinski definition) is 5. The molecule has 0 atom stereocenters. The van der Waals surface area contributed by atoms with Gasteiger partial charge in [-0.05, 0) is 61.0 Å². The van der Waals surface area contributed by atoms with Crippen LogP contribution in [0.1, 0.15) is 5.56 Å². The molecule has 0 unspecified atom stereocenters. The van der Waals surface area contributed by atoms with E-state index in [2.05, 4.69) is 20.3 Å². The third-order valence-corrected chi connectivity index (χ3v) is 5.21. The van der Waals surface area contributed by atoms with Gasteiger partial charge >= 0.3 is 0 Å². The Morgan fingerprint density at radius 2 is 2.10 bits per heavy atom. The van der Waals surface area contributed by atoms with Gasteiger partial charge in [0.1, 0.15) is 11.5 Å². The summed E-state index contributed by atoms with van der Waals surface area (Å²) >= 11 is 7.32. The van der Waals surface area contributed by atoms with Crippen molar-refractivity contribution in [3.05, 3.63) is 71.5 Å². The number of carbonyl (C=O) groups is 1. The molecule has 0 aliphatic heterocycles. The quantitative estimate of drug-likeness (QED) is 0.403.